The van der Waals surface area contributed by atoms with Crippen molar-refractivity contribution in [2.45, 2.75) is 32.3 Å². The van der Waals surface area contributed by atoms with E-state index in [2.05, 4.69) is 4.98 Å². The van der Waals surface area contributed by atoms with Gasteiger partial charge < -0.3 is 4.74 Å². The van der Waals surface area contributed by atoms with Crippen LogP contribution in [0.25, 0.3) is 0 Å². The van der Waals surface area contributed by atoms with Gasteiger partial charge in [-0.1, -0.05) is 11.6 Å². The van der Waals surface area contributed by atoms with Crippen molar-refractivity contribution in [1.29, 1.82) is 0 Å². The molecule has 4 rings (SSSR count). The fourth-order valence-corrected chi connectivity index (χ4v) is 3.52. The standard InChI is InChI=1S/C20H17ClN2O3/c21-17-6-3-11-22-18(17)12-26-14-9-7-13(8-10-14)23-19(24)15-4-1-2-5-16(15)20(23)25/h3,6-11H,1-2,4-5,12H2. The van der Waals surface area contributed by atoms with E-state index < -0.39 is 0 Å². The van der Waals surface area contributed by atoms with Crippen molar-refractivity contribution in [3.8, 4) is 5.75 Å². The number of amides is 2. The van der Waals surface area contributed by atoms with Crippen LogP contribution in [0.2, 0.25) is 5.02 Å². The number of ether oxygens (including phenoxy) is 1. The lowest BCUT2D eigenvalue weighted by Gasteiger charge is -2.15. The van der Waals surface area contributed by atoms with Crippen LogP contribution < -0.4 is 9.64 Å². The summed E-state index contributed by atoms with van der Waals surface area (Å²) in [5.41, 5.74) is 2.59. The molecule has 0 N–H and O–H groups in total. The summed E-state index contributed by atoms with van der Waals surface area (Å²) < 4.78 is 5.69. The number of imide groups is 1. The summed E-state index contributed by atoms with van der Waals surface area (Å²) in [6.45, 7) is 0.246. The molecule has 26 heavy (non-hydrogen) atoms. The Bertz CT molecular complexity index is 878. The molecule has 1 aliphatic carbocycles. The van der Waals surface area contributed by atoms with E-state index in [4.69, 9.17) is 16.3 Å². The lowest BCUT2D eigenvalue weighted by Crippen LogP contribution is -2.31. The predicted molar refractivity (Wildman–Crippen MR) is 98.0 cm³/mol. The molecule has 2 heterocycles. The predicted octanol–water partition coefficient (Wildman–Crippen LogP) is 4.06. The van der Waals surface area contributed by atoms with Crippen LogP contribution >= 0.6 is 11.6 Å². The van der Waals surface area contributed by atoms with Crippen LogP contribution in [0.3, 0.4) is 0 Å². The normalized spacial score (nSPS) is 16.9. The van der Waals surface area contributed by atoms with Gasteiger partial charge in [-0.2, -0.15) is 0 Å². The van der Waals surface area contributed by atoms with Crippen molar-refractivity contribution in [2.75, 3.05) is 4.90 Å². The maximum atomic E-state index is 12.6. The fraction of sp³-hybridized carbons (Fsp3) is 0.250. The van der Waals surface area contributed by atoms with Crippen molar-refractivity contribution < 1.29 is 14.3 Å². The van der Waals surface area contributed by atoms with E-state index in [9.17, 15) is 9.59 Å². The SMILES string of the molecule is O=C1C2=C(CCCC2)C(=O)N1c1ccc(OCc2ncccc2Cl)cc1. The van der Waals surface area contributed by atoms with Gasteiger partial charge in [-0.3, -0.25) is 14.6 Å². The van der Waals surface area contributed by atoms with Gasteiger partial charge in [0.15, 0.2) is 0 Å². The number of hydrogen-bond donors (Lipinski definition) is 0. The summed E-state index contributed by atoms with van der Waals surface area (Å²) in [4.78, 5) is 30.6. The number of nitrogens with zero attached hydrogens (tertiary/aromatic N) is 2. The Morgan fingerprint density at radius 1 is 1.00 bits per heavy atom. The summed E-state index contributed by atoms with van der Waals surface area (Å²) in [5.74, 6) is 0.254. The molecule has 0 radical (unpaired) electrons. The Balaban J connectivity index is 1.47. The highest BCUT2D eigenvalue weighted by molar-refractivity contribution is 6.33. The number of pyridine rings is 1. The molecular weight excluding hydrogens is 352 g/mol. The van der Waals surface area contributed by atoms with Gasteiger partial charge >= 0.3 is 0 Å². The summed E-state index contributed by atoms with van der Waals surface area (Å²) in [5, 5.41) is 0.550. The Kier molecular flexibility index (Phi) is 4.47. The molecule has 2 aromatic rings. The number of carbonyl (C=O) groups excluding carboxylic acids is 2. The molecule has 1 aromatic carbocycles. The minimum absolute atomic E-state index is 0.182. The van der Waals surface area contributed by atoms with Gasteiger partial charge in [-0.25, -0.2) is 4.90 Å². The van der Waals surface area contributed by atoms with Crippen LogP contribution in [-0.2, 0) is 16.2 Å². The van der Waals surface area contributed by atoms with E-state index in [-0.39, 0.29) is 18.4 Å². The Hall–Kier alpha value is -2.66. The first kappa shape index (κ1) is 16.8. The van der Waals surface area contributed by atoms with Crippen molar-refractivity contribution >= 4 is 29.1 Å². The molecule has 0 spiro atoms. The van der Waals surface area contributed by atoms with Crippen LogP contribution in [0.4, 0.5) is 5.69 Å². The molecule has 0 unspecified atom stereocenters. The minimum atomic E-state index is -0.182. The number of anilines is 1. The van der Waals surface area contributed by atoms with E-state index in [1.165, 1.54) is 4.90 Å². The van der Waals surface area contributed by atoms with Crippen molar-refractivity contribution in [1.82, 2.24) is 4.98 Å². The first-order chi connectivity index (χ1) is 12.6. The molecular formula is C20H17ClN2O3. The molecule has 5 nitrogen and oxygen atoms in total. The van der Waals surface area contributed by atoms with Gasteiger partial charge in [-0.15, -0.1) is 0 Å². The number of hydrogen-bond acceptors (Lipinski definition) is 4. The fourth-order valence-electron chi connectivity index (χ4n) is 3.34. The number of aromatic nitrogens is 1. The summed E-state index contributed by atoms with van der Waals surface area (Å²) in [6, 6.07) is 10.5. The molecule has 6 heteroatoms. The molecule has 132 valence electrons. The molecule has 2 aliphatic rings. The summed E-state index contributed by atoms with van der Waals surface area (Å²) in [7, 11) is 0. The van der Waals surface area contributed by atoms with Gasteiger partial charge in [0.1, 0.15) is 12.4 Å². The number of halogens is 1. The van der Waals surface area contributed by atoms with Gasteiger partial charge in [0.25, 0.3) is 11.8 Å². The zero-order chi connectivity index (χ0) is 18.1. The van der Waals surface area contributed by atoms with Crippen LogP contribution in [0.1, 0.15) is 31.4 Å². The molecule has 0 bridgehead atoms. The van der Waals surface area contributed by atoms with Crippen LogP contribution in [-0.4, -0.2) is 16.8 Å². The first-order valence-corrected chi connectivity index (χ1v) is 8.96. The molecule has 0 fully saturated rings. The monoisotopic (exact) mass is 368 g/mol. The van der Waals surface area contributed by atoms with E-state index in [1.54, 1.807) is 42.6 Å². The average molecular weight is 369 g/mol. The van der Waals surface area contributed by atoms with Gasteiger partial charge in [0, 0.05) is 17.3 Å². The number of benzene rings is 1. The lowest BCUT2D eigenvalue weighted by molar-refractivity contribution is -0.120. The van der Waals surface area contributed by atoms with E-state index in [0.717, 1.165) is 12.8 Å². The Morgan fingerprint density at radius 3 is 2.27 bits per heavy atom. The highest BCUT2D eigenvalue weighted by atomic mass is 35.5. The maximum absolute atomic E-state index is 12.6. The second-order valence-corrected chi connectivity index (χ2v) is 6.73. The zero-order valence-corrected chi connectivity index (χ0v) is 14.8. The highest BCUT2D eigenvalue weighted by Crippen LogP contribution is 2.36. The zero-order valence-electron chi connectivity index (χ0n) is 14.1. The first-order valence-electron chi connectivity index (χ1n) is 8.58. The van der Waals surface area contributed by atoms with Gasteiger partial charge in [0.2, 0.25) is 0 Å². The largest absolute Gasteiger partial charge is 0.487 e. The smallest absolute Gasteiger partial charge is 0.261 e. The third-order valence-electron chi connectivity index (χ3n) is 4.70. The van der Waals surface area contributed by atoms with E-state index in [1.807, 2.05) is 0 Å². The number of carbonyl (C=O) groups is 2. The van der Waals surface area contributed by atoms with E-state index in [0.29, 0.717) is 46.1 Å². The second-order valence-electron chi connectivity index (χ2n) is 6.32. The second kappa shape index (κ2) is 6.92. The molecule has 1 aromatic heterocycles. The van der Waals surface area contributed by atoms with E-state index >= 15 is 0 Å². The average Bonchev–Trinajstić information content (AvgIpc) is 2.93. The highest BCUT2D eigenvalue weighted by Gasteiger charge is 2.39. The lowest BCUT2D eigenvalue weighted by atomic mass is 9.93. The Morgan fingerprint density at radius 2 is 1.65 bits per heavy atom. The molecule has 0 saturated carbocycles. The van der Waals surface area contributed by atoms with Crippen LogP contribution in [0.5, 0.6) is 5.75 Å². The number of rotatable bonds is 4. The molecule has 1 aliphatic heterocycles. The third kappa shape index (κ3) is 2.99. The molecule has 0 saturated heterocycles. The van der Waals surface area contributed by atoms with Crippen molar-refractivity contribution in [3.05, 3.63) is 64.5 Å². The third-order valence-corrected chi connectivity index (χ3v) is 5.04. The quantitative estimate of drug-likeness (QED) is 0.763. The van der Waals surface area contributed by atoms with Gasteiger partial charge in [-0.05, 0) is 62.1 Å². The topological polar surface area (TPSA) is 59.5 Å². The summed E-state index contributed by atoms with van der Waals surface area (Å²) in [6.07, 6.45) is 4.99. The van der Waals surface area contributed by atoms with Crippen LogP contribution in [0.15, 0.2) is 53.7 Å². The summed E-state index contributed by atoms with van der Waals surface area (Å²) >= 11 is 6.06. The molecule has 2 amide bonds. The van der Waals surface area contributed by atoms with Gasteiger partial charge in [0.05, 0.1) is 16.4 Å². The minimum Gasteiger partial charge on any atom is -0.487 e. The Labute approximate surface area is 156 Å². The van der Waals surface area contributed by atoms with Crippen LogP contribution in [0, 0.1) is 0 Å². The molecule has 0 atom stereocenters. The maximum Gasteiger partial charge on any atom is 0.261 e. The van der Waals surface area contributed by atoms with Crippen molar-refractivity contribution in [3.63, 3.8) is 0 Å². The van der Waals surface area contributed by atoms with Crippen molar-refractivity contribution in [2.24, 2.45) is 0 Å².